The molecule has 7 heteroatoms. The van der Waals surface area contributed by atoms with Gasteiger partial charge >= 0.3 is 0 Å². The molecule has 0 saturated heterocycles. The van der Waals surface area contributed by atoms with Crippen molar-refractivity contribution in [3.05, 3.63) is 46.9 Å². The number of nitrogens with two attached hydrogens (primary N) is 1. The van der Waals surface area contributed by atoms with E-state index in [0.717, 1.165) is 6.20 Å². The second-order valence-electron chi connectivity index (χ2n) is 3.87. The van der Waals surface area contributed by atoms with E-state index in [1.807, 2.05) is 0 Å². The SMILES string of the molecule is Cc1cc(N)ncc1-c1c(F)c(F)c(F)c(F)c1F. The van der Waals surface area contributed by atoms with Gasteiger partial charge in [0.05, 0.1) is 5.56 Å². The van der Waals surface area contributed by atoms with Gasteiger partial charge in [0, 0.05) is 11.8 Å². The highest BCUT2D eigenvalue weighted by Crippen LogP contribution is 2.33. The molecule has 2 N–H and O–H groups in total. The van der Waals surface area contributed by atoms with Gasteiger partial charge in [0.25, 0.3) is 0 Å². The summed E-state index contributed by atoms with van der Waals surface area (Å²) in [5, 5.41) is 0. The molecule has 19 heavy (non-hydrogen) atoms. The zero-order valence-corrected chi connectivity index (χ0v) is 9.57. The molecule has 100 valence electrons. The number of anilines is 1. The second-order valence-corrected chi connectivity index (χ2v) is 3.87. The average molecular weight is 274 g/mol. The largest absolute Gasteiger partial charge is 0.384 e. The molecule has 0 aliphatic carbocycles. The summed E-state index contributed by atoms with van der Waals surface area (Å²) >= 11 is 0. The zero-order chi connectivity index (χ0) is 14.3. The summed E-state index contributed by atoms with van der Waals surface area (Å²) in [6, 6.07) is 1.27. The van der Waals surface area contributed by atoms with E-state index in [4.69, 9.17) is 5.73 Å². The van der Waals surface area contributed by atoms with Crippen molar-refractivity contribution in [2.24, 2.45) is 0 Å². The highest BCUT2D eigenvalue weighted by Gasteiger charge is 2.27. The van der Waals surface area contributed by atoms with Crippen LogP contribution in [0.15, 0.2) is 12.3 Å². The van der Waals surface area contributed by atoms with Crippen molar-refractivity contribution < 1.29 is 22.0 Å². The van der Waals surface area contributed by atoms with E-state index < -0.39 is 34.6 Å². The van der Waals surface area contributed by atoms with Gasteiger partial charge < -0.3 is 5.73 Å². The molecule has 1 aromatic carbocycles. The van der Waals surface area contributed by atoms with Crippen molar-refractivity contribution in [1.82, 2.24) is 4.98 Å². The summed E-state index contributed by atoms with van der Waals surface area (Å²) in [5.41, 5.74) is 4.39. The third kappa shape index (κ3) is 2.00. The Hall–Kier alpha value is -2.18. The number of halogens is 5. The topological polar surface area (TPSA) is 38.9 Å². The van der Waals surface area contributed by atoms with Crippen LogP contribution in [0.5, 0.6) is 0 Å². The standard InChI is InChI=1S/C12H7F5N2/c1-4-2-6(18)19-3-5(4)7-8(13)10(15)12(17)11(16)9(7)14/h2-3H,1H3,(H2,18,19). The fourth-order valence-corrected chi connectivity index (χ4v) is 1.68. The highest BCUT2D eigenvalue weighted by molar-refractivity contribution is 5.69. The van der Waals surface area contributed by atoms with Gasteiger partial charge in [0.15, 0.2) is 23.3 Å². The van der Waals surface area contributed by atoms with Gasteiger partial charge in [0.2, 0.25) is 5.82 Å². The minimum absolute atomic E-state index is 0.0742. The molecule has 0 spiro atoms. The number of nitrogens with zero attached hydrogens (tertiary/aromatic N) is 1. The quantitative estimate of drug-likeness (QED) is 0.492. The number of nitrogen functional groups attached to an aromatic ring is 1. The molecule has 0 aliphatic rings. The maximum Gasteiger partial charge on any atom is 0.200 e. The Kier molecular flexibility index (Phi) is 3.13. The van der Waals surface area contributed by atoms with Crippen LogP contribution in [-0.2, 0) is 0 Å². The maximum absolute atomic E-state index is 13.6. The number of pyridine rings is 1. The van der Waals surface area contributed by atoms with Crippen LogP contribution in [-0.4, -0.2) is 4.98 Å². The summed E-state index contributed by atoms with van der Waals surface area (Å²) in [6.45, 7) is 1.42. The Morgan fingerprint density at radius 3 is 1.84 bits per heavy atom. The first-order valence-corrected chi connectivity index (χ1v) is 5.08. The van der Waals surface area contributed by atoms with Crippen LogP contribution in [0, 0.1) is 36.0 Å². The molecule has 1 heterocycles. The molecule has 2 aromatic rings. The number of aryl methyl sites for hydroxylation is 1. The Bertz CT molecular complexity index is 641. The van der Waals surface area contributed by atoms with Crippen molar-refractivity contribution in [2.45, 2.75) is 6.92 Å². The lowest BCUT2D eigenvalue weighted by Gasteiger charge is -2.10. The predicted octanol–water partition coefficient (Wildman–Crippen LogP) is 3.33. The normalized spacial score (nSPS) is 10.8. The molecule has 1 aromatic heterocycles. The first-order valence-electron chi connectivity index (χ1n) is 5.08. The molecule has 0 atom stereocenters. The Labute approximate surface area is 104 Å². The summed E-state index contributed by atoms with van der Waals surface area (Å²) in [7, 11) is 0. The van der Waals surface area contributed by atoms with Crippen LogP contribution < -0.4 is 5.73 Å². The van der Waals surface area contributed by atoms with Crippen LogP contribution in [0.3, 0.4) is 0 Å². The number of aromatic nitrogens is 1. The molecule has 0 unspecified atom stereocenters. The van der Waals surface area contributed by atoms with Crippen LogP contribution >= 0.6 is 0 Å². The summed E-state index contributed by atoms with van der Waals surface area (Å²) in [6.07, 6.45) is 0.961. The summed E-state index contributed by atoms with van der Waals surface area (Å²) < 4.78 is 66.3. The molecule has 0 saturated carbocycles. The predicted molar refractivity (Wildman–Crippen MR) is 58.6 cm³/mol. The van der Waals surface area contributed by atoms with Crippen LogP contribution in [0.25, 0.3) is 11.1 Å². The maximum atomic E-state index is 13.6. The first-order chi connectivity index (χ1) is 8.84. The zero-order valence-electron chi connectivity index (χ0n) is 9.57. The van der Waals surface area contributed by atoms with E-state index in [-0.39, 0.29) is 16.9 Å². The van der Waals surface area contributed by atoms with Gasteiger partial charge in [-0.05, 0) is 18.6 Å². The number of rotatable bonds is 1. The van der Waals surface area contributed by atoms with Crippen LogP contribution in [0.4, 0.5) is 27.8 Å². The van der Waals surface area contributed by atoms with E-state index >= 15 is 0 Å². The summed E-state index contributed by atoms with van der Waals surface area (Å²) in [4.78, 5) is 3.59. The van der Waals surface area contributed by atoms with Crippen molar-refractivity contribution in [2.75, 3.05) is 5.73 Å². The highest BCUT2D eigenvalue weighted by atomic mass is 19.2. The van der Waals surface area contributed by atoms with E-state index in [1.54, 1.807) is 0 Å². The van der Waals surface area contributed by atoms with Crippen molar-refractivity contribution in [1.29, 1.82) is 0 Å². The van der Waals surface area contributed by atoms with Crippen LogP contribution in [0.2, 0.25) is 0 Å². The molecular formula is C12H7F5N2. The van der Waals surface area contributed by atoms with Gasteiger partial charge in [-0.3, -0.25) is 0 Å². The third-order valence-electron chi connectivity index (χ3n) is 2.61. The molecule has 0 amide bonds. The Morgan fingerprint density at radius 2 is 1.37 bits per heavy atom. The van der Waals surface area contributed by atoms with E-state index in [2.05, 4.69) is 4.98 Å². The van der Waals surface area contributed by atoms with Gasteiger partial charge in [0.1, 0.15) is 5.82 Å². The number of hydrogen-bond acceptors (Lipinski definition) is 2. The molecule has 2 rings (SSSR count). The van der Waals surface area contributed by atoms with E-state index in [0.29, 0.717) is 0 Å². The minimum atomic E-state index is -2.19. The lowest BCUT2D eigenvalue weighted by Crippen LogP contribution is -2.05. The Morgan fingerprint density at radius 1 is 0.895 bits per heavy atom. The molecule has 0 radical (unpaired) electrons. The van der Waals surface area contributed by atoms with Gasteiger partial charge in [-0.15, -0.1) is 0 Å². The number of benzene rings is 1. The summed E-state index contributed by atoms with van der Waals surface area (Å²) in [5.74, 6) is -9.91. The first kappa shape index (κ1) is 13.3. The monoisotopic (exact) mass is 274 g/mol. The van der Waals surface area contributed by atoms with E-state index in [9.17, 15) is 22.0 Å². The molecular weight excluding hydrogens is 267 g/mol. The molecule has 2 nitrogen and oxygen atoms in total. The molecule has 0 aliphatic heterocycles. The fourth-order valence-electron chi connectivity index (χ4n) is 1.68. The molecule has 0 bridgehead atoms. The number of hydrogen-bond donors (Lipinski definition) is 1. The minimum Gasteiger partial charge on any atom is -0.384 e. The second kappa shape index (κ2) is 4.49. The van der Waals surface area contributed by atoms with Crippen LogP contribution in [0.1, 0.15) is 5.56 Å². The fraction of sp³-hybridized carbons (Fsp3) is 0.0833. The van der Waals surface area contributed by atoms with Gasteiger partial charge in [-0.2, -0.15) is 0 Å². The van der Waals surface area contributed by atoms with Gasteiger partial charge in [-0.25, -0.2) is 26.9 Å². The third-order valence-corrected chi connectivity index (χ3v) is 2.61. The average Bonchev–Trinajstić information content (AvgIpc) is 2.37. The van der Waals surface area contributed by atoms with Crippen molar-refractivity contribution in [3.8, 4) is 11.1 Å². The smallest absolute Gasteiger partial charge is 0.200 e. The lowest BCUT2D eigenvalue weighted by atomic mass is 10.0. The van der Waals surface area contributed by atoms with Crippen molar-refractivity contribution in [3.63, 3.8) is 0 Å². The van der Waals surface area contributed by atoms with Gasteiger partial charge in [-0.1, -0.05) is 0 Å². The lowest BCUT2D eigenvalue weighted by molar-refractivity contribution is 0.381. The molecule has 0 fully saturated rings. The van der Waals surface area contributed by atoms with E-state index in [1.165, 1.54) is 13.0 Å². The Balaban J connectivity index is 2.83. The van der Waals surface area contributed by atoms with Crippen molar-refractivity contribution >= 4 is 5.82 Å².